The number of amides is 1. The monoisotopic (exact) mass is 319 g/mol. The number of thioether (sulfide) groups is 1. The van der Waals surface area contributed by atoms with Gasteiger partial charge in [-0.2, -0.15) is 0 Å². The van der Waals surface area contributed by atoms with Gasteiger partial charge in [0.05, 0.1) is 5.75 Å². The van der Waals surface area contributed by atoms with Gasteiger partial charge in [-0.3, -0.25) is 4.79 Å². The topological polar surface area (TPSA) is 72.7 Å². The van der Waals surface area contributed by atoms with E-state index in [1.54, 1.807) is 4.68 Å². The molecule has 0 bridgehead atoms. The molecule has 1 heterocycles. The zero-order valence-electron chi connectivity index (χ0n) is 13.2. The summed E-state index contributed by atoms with van der Waals surface area (Å²) in [4.78, 5) is 12.1. The average molecular weight is 319 g/mol. The zero-order chi connectivity index (χ0) is 15.9. The molecular weight excluding hydrogens is 298 g/mol. The minimum atomic E-state index is -0.0521. The highest BCUT2D eigenvalue weighted by molar-refractivity contribution is 7.99. The van der Waals surface area contributed by atoms with E-state index >= 15 is 0 Å². The number of hydrogen-bond acceptors (Lipinski definition) is 5. The molecule has 2 rings (SSSR count). The number of rotatable bonds is 7. The number of aryl methyl sites for hydroxylation is 2. The molecule has 0 fully saturated rings. The van der Waals surface area contributed by atoms with Crippen molar-refractivity contribution < 1.29 is 4.79 Å². The molecule has 0 radical (unpaired) electrons. The lowest BCUT2D eigenvalue weighted by Gasteiger charge is -2.10. The molecule has 0 saturated carbocycles. The molecule has 1 aromatic carbocycles. The standard InChI is InChI=1S/C15H21N5OS/c1-4-5-9-20-15(17-18-19-20)22-10-14(21)16-13-8-6-7-11(2)12(13)3/h6-8H,4-5,9-10H2,1-3H3,(H,16,21). The molecule has 0 unspecified atom stereocenters. The second-order valence-corrected chi connectivity index (χ2v) is 6.06. The summed E-state index contributed by atoms with van der Waals surface area (Å²) in [6, 6.07) is 5.88. The smallest absolute Gasteiger partial charge is 0.234 e. The van der Waals surface area contributed by atoms with Crippen molar-refractivity contribution in [3.63, 3.8) is 0 Å². The maximum absolute atomic E-state index is 12.1. The SMILES string of the molecule is CCCCn1nnnc1SCC(=O)Nc1cccc(C)c1C. The Morgan fingerprint density at radius 1 is 1.36 bits per heavy atom. The molecule has 0 atom stereocenters. The molecule has 22 heavy (non-hydrogen) atoms. The van der Waals surface area contributed by atoms with E-state index in [4.69, 9.17) is 0 Å². The molecule has 1 N–H and O–H groups in total. The van der Waals surface area contributed by atoms with Crippen LogP contribution in [0.15, 0.2) is 23.4 Å². The van der Waals surface area contributed by atoms with Crippen molar-refractivity contribution in [3.8, 4) is 0 Å². The number of aromatic nitrogens is 4. The van der Waals surface area contributed by atoms with Crippen LogP contribution in [0.5, 0.6) is 0 Å². The molecule has 118 valence electrons. The summed E-state index contributed by atoms with van der Waals surface area (Å²) in [6.07, 6.45) is 2.10. The van der Waals surface area contributed by atoms with Crippen LogP contribution in [0, 0.1) is 13.8 Å². The summed E-state index contributed by atoms with van der Waals surface area (Å²) in [5.74, 6) is 0.239. The second-order valence-electron chi connectivity index (χ2n) is 5.12. The summed E-state index contributed by atoms with van der Waals surface area (Å²) in [5.41, 5.74) is 3.11. The van der Waals surface area contributed by atoms with Crippen LogP contribution in [0.2, 0.25) is 0 Å². The number of carbonyl (C=O) groups is 1. The van der Waals surface area contributed by atoms with Crippen LogP contribution in [-0.2, 0) is 11.3 Å². The van der Waals surface area contributed by atoms with Crippen molar-refractivity contribution in [1.82, 2.24) is 20.2 Å². The molecule has 0 spiro atoms. The predicted molar refractivity (Wildman–Crippen MR) is 88.0 cm³/mol. The molecular formula is C15H21N5OS. The molecule has 7 heteroatoms. The van der Waals surface area contributed by atoms with Gasteiger partial charge in [0.1, 0.15) is 0 Å². The number of carbonyl (C=O) groups excluding carboxylic acids is 1. The Morgan fingerprint density at radius 2 is 2.18 bits per heavy atom. The molecule has 2 aromatic rings. The third-order valence-electron chi connectivity index (χ3n) is 3.43. The summed E-state index contributed by atoms with van der Waals surface area (Å²) >= 11 is 1.36. The fourth-order valence-corrected chi connectivity index (χ4v) is 2.65. The highest BCUT2D eigenvalue weighted by Gasteiger charge is 2.11. The molecule has 1 aromatic heterocycles. The lowest BCUT2D eigenvalue weighted by molar-refractivity contribution is -0.113. The predicted octanol–water partition coefficient (Wildman–Crippen LogP) is 2.82. The van der Waals surface area contributed by atoms with E-state index in [-0.39, 0.29) is 5.91 Å². The number of nitrogens with zero attached hydrogens (tertiary/aromatic N) is 4. The first kappa shape index (κ1) is 16.5. The van der Waals surface area contributed by atoms with Crippen molar-refractivity contribution in [2.75, 3.05) is 11.1 Å². The van der Waals surface area contributed by atoms with Crippen molar-refractivity contribution in [1.29, 1.82) is 0 Å². The van der Waals surface area contributed by atoms with Crippen molar-refractivity contribution >= 4 is 23.4 Å². The second kappa shape index (κ2) is 7.93. The molecule has 1 amide bonds. The van der Waals surface area contributed by atoms with Gasteiger partial charge in [0.15, 0.2) is 0 Å². The van der Waals surface area contributed by atoms with Crippen molar-refractivity contribution in [2.45, 2.75) is 45.3 Å². The number of tetrazole rings is 1. The number of anilines is 1. The Hall–Kier alpha value is -1.89. The van der Waals surface area contributed by atoms with Gasteiger partial charge in [-0.25, -0.2) is 4.68 Å². The first-order chi connectivity index (χ1) is 10.6. The molecule has 6 nitrogen and oxygen atoms in total. The third-order valence-corrected chi connectivity index (χ3v) is 4.39. The van der Waals surface area contributed by atoms with E-state index in [0.717, 1.165) is 36.2 Å². The van der Waals surface area contributed by atoms with E-state index < -0.39 is 0 Å². The van der Waals surface area contributed by atoms with Gasteiger partial charge in [0, 0.05) is 12.2 Å². The fourth-order valence-electron chi connectivity index (χ4n) is 1.95. The Morgan fingerprint density at radius 3 is 2.95 bits per heavy atom. The Bertz CT molecular complexity index is 641. The van der Waals surface area contributed by atoms with Gasteiger partial charge >= 0.3 is 0 Å². The Kier molecular flexibility index (Phi) is 5.94. The normalized spacial score (nSPS) is 10.7. The third kappa shape index (κ3) is 4.30. The first-order valence-electron chi connectivity index (χ1n) is 7.37. The van der Waals surface area contributed by atoms with Gasteiger partial charge in [0.25, 0.3) is 0 Å². The van der Waals surface area contributed by atoms with Crippen LogP contribution in [0.3, 0.4) is 0 Å². The van der Waals surface area contributed by atoms with Gasteiger partial charge in [-0.1, -0.05) is 37.2 Å². The summed E-state index contributed by atoms with van der Waals surface area (Å²) in [6.45, 7) is 6.93. The minimum absolute atomic E-state index is 0.0521. The lowest BCUT2D eigenvalue weighted by Crippen LogP contribution is -2.15. The van der Waals surface area contributed by atoms with Gasteiger partial charge in [0.2, 0.25) is 11.1 Å². The summed E-state index contributed by atoms with van der Waals surface area (Å²) in [7, 11) is 0. The zero-order valence-corrected chi connectivity index (χ0v) is 14.0. The maximum Gasteiger partial charge on any atom is 0.234 e. The molecule has 0 aliphatic rings. The average Bonchev–Trinajstić information content (AvgIpc) is 2.95. The Labute approximate surface area is 134 Å². The van der Waals surface area contributed by atoms with E-state index in [1.165, 1.54) is 11.8 Å². The summed E-state index contributed by atoms with van der Waals surface area (Å²) in [5, 5.41) is 15.2. The van der Waals surface area contributed by atoms with Gasteiger partial charge < -0.3 is 5.32 Å². The lowest BCUT2D eigenvalue weighted by atomic mass is 10.1. The van der Waals surface area contributed by atoms with Crippen LogP contribution in [0.1, 0.15) is 30.9 Å². The van der Waals surface area contributed by atoms with E-state index in [2.05, 4.69) is 27.8 Å². The largest absolute Gasteiger partial charge is 0.325 e. The van der Waals surface area contributed by atoms with E-state index in [9.17, 15) is 4.79 Å². The number of unbranched alkanes of at least 4 members (excludes halogenated alkanes) is 1. The van der Waals surface area contributed by atoms with E-state index in [1.807, 2.05) is 32.0 Å². The van der Waals surface area contributed by atoms with Crippen molar-refractivity contribution in [2.24, 2.45) is 0 Å². The highest BCUT2D eigenvalue weighted by Crippen LogP contribution is 2.19. The highest BCUT2D eigenvalue weighted by atomic mass is 32.2. The van der Waals surface area contributed by atoms with Crippen LogP contribution in [0.4, 0.5) is 5.69 Å². The van der Waals surface area contributed by atoms with Crippen LogP contribution in [0.25, 0.3) is 0 Å². The van der Waals surface area contributed by atoms with Crippen LogP contribution in [-0.4, -0.2) is 31.9 Å². The molecule has 0 aliphatic carbocycles. The number of hydrogen-bond donors (Lipinski definition) is 1. The van der Waals surface area contributed by atoms with Gasteiger partial charge in [-0.15, -0.1) is 5.10 Å². The molecule has 0 saturated heterocycles. The Balaban J connectivity index is 1.90. The van der Waals surface area contributed by atoms with Gasteiger partial charge in [-0.05, 0) is 47.9 Å². The molecule has 0 aliphatic heterocycles. The van der Waals surface area contributed by atoms with Crippen LogP contribution >= 0.6 is 11.8 Å². The van der Waals surface area contributed by atoms with Crippen molar-refractivity contribution in [3.05, 3.63) is 29.3 Å². The minimum Gasteiger partial charge on any atom is -0.325 e. The van der Waals surface area contributed by atoms with E-state index in [0.29, 0.717) is 10.9 Å². The quantitative estimate of drug-likeness (QED) is 0.794. The first-order valence-corrected chi connectivity index (χ1v) is 8.35. The van der Waals surface area contributed by atoms with Crippen LogP contribution < -0.4 is 5.32 Å². The number of nitrogens with one attached hydrogen (secondary N) is 1. The fraction of sp³-hybridized carbons (Fsp3) is 0.467. The number of benzene rings is 1. The maximum atomic E-state index is 12.1. The summed E-state index contributed by atoms with van der Waals surface area (Å²) < 4.78 is 1.75.